The predicted molar refractivity (Wildman–Crippen MR) is 175 cm³/mol. The molecule has 0 bridgehead atoms. The van der Waals surface area contributed by atoms with Crippen molar-refractivity contribution < 1.29 is 71.1 Å². The first-order chi connectivity index (χ1) is 26.0. The monoisotopic (exact) mass is 822 g/mol. The average molecular weight is 823 g/mol. The highest BCUT2D eigenvalue weighted by Crippen LogP contribution is 2.43. The third kappa shape index (κ3) is 10.2. The number of likely N-dealkylation sites (tertiary alicyclic amines) is 2. The second-order valence-electron chi connectivity index (χ2n) is 15.0. The molecule has 2 aromatic rings. The van der Waals surface area contributed by atoms with Crippen molar-refractivity contribution in [1.29, 1.82) is 0 Å². The molecule has 2 saturated carbocycles. The summed E-state index contributed by atoms with van der Waals surface area (Å²) in [5.74, 6) is -6.16. The number of rotatable bonds is 8. The van der Waals surface area contributed by atoms with Crippen LogP contribution in [0.4, 0.5) is 61.5 Å². The lowest BCUT2D eigenvalue weighted by atomic mass is 9.90. The van der Waals surface area contributed by atoms with E-state index in [0.29, 0.717) is 12.8 Å². The Morgan fingerprint density at radius 1 is 0.482 bits per heavy atom. The van der Waals surface area contributed by atoms with E-state index in [0.717, 1.165) is 77.5 Å². The van der Waals surface area contributed by atoms with Gasteiger partial charge in [-0.1, -0.05) is 12.8 Å². The number of carbonyl (C=O) groups is 2. The summed E-state index contributed by atoms with van der Waals surface area (Å²) in [6.45, 7) is 3.44. The summed E-state index contributed by atoms with van der Waals surface area (Å²) in [7, 11) is 0. The van der Waals surface area contributed by atoms with Crippen molar-refractivity contribution in [2.24, 2.45) is 11.8 Å². The Hall–Kier alpha value is -3.28. The van der Waals surface area contributed by atoms with Gasteiger partial charge in [-0.15, -0.1) is 0 Å². The molecule has 4 fully saturated rings. The van der Waals surface area contributed by atoms with E-state index in [4.69, 9.17) is 0 Å². The second kappa shape index (κ2) is 16.9. The summed E-state index contributed by atoms with van der Waals surface area (Å²) in [5, 5.41) is 0. The minimum atomic E-state index is -5.27. The summed E-state index contributed by atoms with van der Waals surface area (Å²) in [5.41, 5.74) is -9.81. The van der Waals surface area contributed by atoms with Crippen LogP contribution in [0.2, 0.25) is 0 Å². The molecule has 0 N–H and O–H groups in total. The Kier molecular flexibility index (Phi) is 13.2. The molecule has 4 aliphatic rings. The Balaban J connectivity index is 0.000000214. The number of nitrogens with zero attached hydrogens (tertiary/aromatic N) is 2. The van der Waals surface area contributed by atoms with Crippen molar-refractivity contribution >= 4 is 11.6 Å². The van der Waals surface area contributed by atoms with Crippen molar-refractivity contribution in [2.45, 2.75) is 114 Å². The molecular weight excluding hydrogens is 782 g/mol. The van der Waals surface area contributed by atoms with E-state index in [2.05, 4.69) is 9.80 Å². The van der Waals surface area contributed by atoms with Gasteiger partial charge in [0.2, 0.25) is 0 Å². The summed E-state index contributed by atoms with van der Waals surface area (Å²) < 4.78 is 185. The van der Waals surface area contributed by atoms with Gasteiger partial charge in [0.15, 0.2) is 11.6 Å². The van der Waals surface area contributed by atoms with E-state index in [1.54, 1.807) is 0 Å². The lowest BCUT2D eigenvalue weighted by molar-refractivity contribution is -0.145. The SMILES string of the molecule is O=C(C[C@@H]1CCC[C@@H]1N1CCCC1)c1c(F)cc(C(F)(F)F)cc1C(F)(F)F.O=C(C[C@H]1CCC[C@H]1N1CCCC1)c1c(F)cc(C(F)(F)F)cc1C(F)(F)F. The lowest BCUT2D eigenvalue weighted by Gasteiger charge is -2.29. The minimum absolute atomic E-state index is 0.0327. The standard InChI is InChI=1S/2C19H20F7NO/c2*20-14-10-12(18(21,22)23)9-13(19(24,25)26)17(14)16(28)8-11-4-3-5-15(11)27-6-1-2-7-27/h2*9-11,15H,1-8H2/t2*11-,15-/m10/s1. The van der Waals surface area contributed by atoms with Gasteiger partial charge in [0, 0.05) is 24.9 Å². The molecule has 4 nitrogen and oxygen atoms in total. The smallest absolute Gasteiger partial charge is 0.300 e. The highest BCUT2D eigenvalue weighted by atomic mass is 19.4. The largest absolute Gasteiger partial charge is 0.417 e. The summed E-state index contributed by atoms with van der Waals surface area (Å²) >= 11 is 0. The van der Waals surface area contributed by atoms with Crippen LogP contribution in [0.15, 0.2) is 24.3 Å². The van der Waals surface area contributed by atoms with Crippen LogP contribution in [0.5, 0.6) is 0 Å². The van der Waals surface area contributed by atoms with Crippen LogP contribution in [-0.2, 0) is 24.7 Å². The van der Waals surface area contributed by atoms with Crippen molar-refractivity contribution in [1.82, 2.24) is 9.80 Å². The Bertz CT molecular complexity index is 1600. The van der Waals surface area contributed by atoms with E-state index >= 15 is 0 Å². The summed E-state index contributed by atoms with van der Waals surface area (Å²) in [6.07, 6.45) is -12.8. The van der Waals surface area contributed by atoms with Gasteiger partial charge in [-0.3, -0.25) is 9.59 Å². The molecule has 2 aliphatic heterocycles. The van der Waals surface area contributed by atoms with Gasteiger partial charge in [-0.25, -0.2) is 8.78 Å². The van der Waals surface area contributed by atoms with Gasteiger partial charge in [-0.05, 0) is 114 Å². The van der Waals surface area contributed by atoms with Crippen LogP contribution >= 0.6 is 0 Å². The topological polar surface area (TPSA) is 40.6 Å². The molecule has 2 aliphatic carbocycles. The van der Waals surface area contributed by atoms with E-state index in [-0.39, 0.29) is 61.0 Å². The Morgan fingerprint density at radius 2 is 0.804 bits per heavy atom. The molecule has 18 heteroatoms. The fourth-order valence-electron chi connectivity index (χ4n) is 8.85. The van der Waals surface area contributed by atoms with E-state index < -0.39 is 81.3 Å². The molecule has 2 saturated heterocycles. The molecule has 0 unspecified atom stereocenters. The molecule has 0 aromatic heterocycles. The predicted octanol–water partition coefficient (Wildman–Crippen LogP) is 11.4. The maximum absolute atomic E-state index is 14.3. The quantitative estimate of drug-likeness (QED) is 0.196. The first kappa shape index (κ1) is 43.8. The zero-order valence-corrected chi connectivity index (χ0v) is 29.9. The van der Waals surface area contributed by atoms with Crippen LogP contribution < -0.4 is 0 Å². The third-order valence-electron chi connectivity index (χ3n) is 11.4. The van der Waals surface area contributed by atoms with Crippen molar-refractivity contribution in [2.75, 3.05) is 26.2 Å². The van der Waals surface area contributed by atoms with Gasteiger partial charge < -0.3 is 9.80 Å². The maximum atomic E-state index is 14.3. The van der Waals surface area contributed by atoms with Crippen LogP contribution in [0, 0.1) is 23.5 Å². The number of benzene rings is 2. The first-order valence-corrected chi connectivity index (χ1v) is 18.5. The molecule has 0 spiro atoms. The van der Waals surface area contributed by atoms with E-state index in [1.807, 2.05) is 0 Å². The van der Waals surface area contributed by atoms with Gasteiger partial charge in [0.25, 0.3) is 0 Å². The molecular formula is C38H40F14N2O2. The van der Waals surface area contributed by atoms with Crippen LogP contribution in [0.1, 0.15) is 120 Å². The van der Waals surface area contributed by atoms with Crippen LogP contribution in [0.3, 0.4) is 0 Å². The first-order valence-electron chi connectivity index (χ1n) is 18.5. The number of hydrogen-bond donors (Lipinski definition) is 0. The third-order valence-corrected chi connectivity index (χ3v) is 11.4. The fourth-order valence-corrected chi connectivity index (χ4v) is 8.85. The molecule has 2 aromatic carbocycles. The molecule has 0 amide bonds. The summed E-state index contributed by atoms with van der Waals surface area (Å²) in [6, 6.07) is -0.313. The van der Waals surface area contributed by atoms with E-state index in [1.165, 1.54) is 0 Å². The van der Waals surface area contributed by atoms with Gasteiger partial charge in [0.1, 0.15) is 11.6 Å². The number of halogens is 14. The Labute approximate surface area is 313 Å². The zero-order valence-electron chi connectivity index (χ0n) is 29.9. The van der Waals surface area contributed by atoms with Crippen molar-refractivity contribution in [3.8, 4) is 0 Å². The normalized spacial score (nSPS) is 24.1. The summed E-state index contributed by atoms with van der Waals surface area (Å²) in [4.78, 5) is 29.6. The van der Waals surface area contributed by atoms with Gasteiger partial charge >= 0.3 is 24.7 Å². The number of Topliss-reactive ketones (excluding diaryl/α,β-unsaturated/α-hetero) is 2. The minimum Gasteiger partial charge on any atom is -0.300 e. The zero-order chi connectivity index (χ0) is 41.4. The van der Waals surface area contributed by atoms with Gasteiger partial charge in [0.05, 0.1) is 33.4 Å². The molecule has 56 heavy (non-hydrogen) atoms. The highest BCUT2D eigenvalue weighted by Gasteiger charge is 2.45. The van der Waals surface area contributed by atoms with Crippen LogP contribution in [0.25, 0.3) is 0 Å². The van der Waals surface area contributed by atoms with Crippen molar-refractivity contribution in [3.63, 3.8) is 0 Å². The number of carbonyl (C=O) groups excluding carboxylic acids is 2. The number of ketones is 2. The lowest BCUT2D eigenvalue weighted by Crippen LogP contribution is -2.36. The van der Waals surface area contributed by atoms with Crippen LogP contribution in [-0.4, -0.2) is 59.6 Å². The van der Waals surface area contributed by atoms with E-state index in [9.17, 15) is 71.1 Å². The number of alkyl halides is 12. The second-order valence-corrected chi connectivity index (χ2v) is 15.0. The molecule has 6 rings (SSSR count). The van der Waals surface area contributed by atoms with Crippen molar-refractivity contribution in [3.05, 3.63) is 69.3 Å². The Morgan fingerprint density at radius 3 is 1.09 bits per heavy atom. The van der Waals surface area contributed by atoms with Gasteiger partial charge in [-0.2, -0.15) is 52.7 Å². The fraction of sp³-hybridized carbons (Fsp3) is 0.632. The average Bonchev–Trinajstić information content (AvgIpc) is 3.90. The number of hydrogen-bond acceptors (Lipinski definition) is 4. The maximum Gasteiger partial charge on any atom is 0.417 e. The molecule has 2 heterocycles. The molecule has 312 valence electrons. The molecule has 0 radical (unpaired) electrons. The highest BCUT2D eigenvalue weighted by molar-refractivity contribution is 5.99. The molecule has 4 atom stereocenters.